The van der Waals surface area contributed by atoms with Crippen molar-refractivity contribution in [1.82, 2.24) is 10.4 Å². The van der Waals surface area contributed by atoms with Crippen LogP contribution in [0.3, 0.4) is 0 Å². The molecule has 0 spiro atoms. The number of hydrogen-bond acceptors (Lipinski definition) is 3. The SMILES string of the molecule is NNC(c1ccc(Cl)nc1)c1cccc(C2CCC2)c1. The van der Waals surface area contributed by atoms with E-state index in [4.69, 9.17) is 17.4 Å². The fraction of sp³-hybridized carbons (Fsp3) is 0.312. The van der Waals surface area contributed by atoms with Crippen LogP contribution in [0.25, 0.3) is 0 Å². The van der Waals surface area contributed by atoms with Gasteiger partial charge in [0, 0.05) is 6.20 Å². The monoisotopic (exact) mass is 287 g/mol. The maximum atomic E-state index is 5.84. The van der Waals surface area contributed by atoms with E-state index in [0.717, 1.165) is 11.5 Å². The predicted molar refractivity (Wildman–Crippen MR) is 81.4 cm³/mol. The lowest BCUT2D eigenvalue weighted by atomic mass is 9.79. The minimum atomic E-state index is -0.0557. The third-order valence-corrected chi connectivity index (χ3v) is 4.29. The van der Waals surface area contributed by atoms with Gasteiger partial charge in [0.25, 0.3) is 0 Å². The molecule has 3 N–H and O–H groups in total. The summed E-state index contributed by atoms with van der Waals surface area (Å²) in [5, 5.41) is 0.493. The molecule has 3 rings (SSSR count). The molecule has 0 amide bonds. The molecule has 1 heterocycles. The van der Waals surface area contributed by atoms with E-state index >= 15 is 0 Å². The molecular weight excluding hydrogens is 270 g/mol. The summed E-state index contributed by atoms with van der Waals surface area (Å²) in [7, 11) is 0. The first-order valence-corrected chi connectivity index (χ1v) is 7.33. The molecule has 1 aromatic heterocycles. The van der Waals surface area contributed by atoms with Gasteiger partial charge >= 0.3 is 0 Å². The zero-order chi connectivity index (χ0) is 13.9. The molecule has 3 nitrogen and oxygen atoms in total. The van der Waals surface area contributed by atoms with Gasteiger partial charge < -0.3 is 0 Å². The standard InChI is InChI=1S/C16H18ClN3/c17-15-8-7-14(10-19-15)16(20-18)13-6-2-5-12(9-13)11-3-1-4-11/h2,5-11,16,20H,1,3-4,18H2. The van der Waals surface area contributed by atoms with Gasteiger partial charge in [-0.3, -0.25) is 5.84 Å². The molecule has 4 heteroatoms. The number of nitrogens with one attached hydrogen (secondary N) is 1. The highest BCUT2D eigenvalue weighted by atomic mass is 35.5. The molecule has 1 unspecified atom stereocenters. The second-order valence-electron chi connectivity index (χ2n) is 5.31. The van der Waals surface area contributed by atoms with Crippen molar-refractivity contribution in [3.63, 3.8) is 0 Å². The molecule has 0 aliphatic heterocycles. The molecule has 0 saturated heterocycles. The summed E-state index contributed by atoms with van der Waals surface area (Å²) in [5.74, 6) is 6.46. The Bertz CT molecular complexity index is 579. The first-order valence-electron chi connectivity index (χ1n) is 6.95. The van der Waals surface area contributed by atoms with E-state index in [0.29, 0.717) is 5.15 Å². The molecule has 104 valence electrons. The Morgan fingerprint density at radius 3 is 2.65 bits per heavy atom. The molecule has 1 aliphatic carbocycles. The summed E-state index contributed by atoms with van der Waals surface area (Å²) in [6.45, 7) is 0. The van der Waals surface area contributed by atoms with Gasteiger partial charge in [0.2, 0.25) is 0 Å². The Balaban J connectivity index is 1.90. The third kappa shape index (κ3) is 2.70. The van der Waals surface area contributed by atoms with Gasteiger partial charge in [-0.2, -0.15) is 0 Å². The van der Waals surface area contributed by atoms with Crippen LogP contribution in [0.15, 0.2) is 42.6 Å². The van der Waals surface area contributed by atoms with Crippen LogP contribution < -0.4 is 11.3 Å². The predicted octanol–water partition coefficient (Wildman–Crippen LogP) is 3.56. The summed E-state index contributed by atoms with van der Waals surface area (Å²) in [5.41, 5.74) is 6.47. The van der Waals surface area contributed by atoms with Crippen molar-refractivity contribution in [2.45, 2.75) is 31.2 Å². The number of benzene rings is 1. The van der Waals surface area contributed by atoms with Crippen LogP contribution in [0, 0.1) is 0 Å². The van der Waals surface area contributed by atoms with Gasteiger partial charge in [-0.1, -0.05) is 48.4 Å². The topological polar surface area (TPSA) is 50.9 Å². The number of pyridine rings is 1. The Kier molecular flexibility index (Phi) is 4.01. The molecule has 20 heavy (non-hydrogen) atoms. The fourth-order valence-electron chi connectivity index (χ4n) is 2.68. The summed E-state index contributed by atoms with van der Waals surface area (Å²) in [6, 6.07) is 12.4. The molecule has 1 saturated carbocycles. The zero-order valence-corrected chi connectivity index (χ0v) is 12.0. The minimum absolute atomic E-state index is 0.0557. The molecule has 0 bridgehead atoms. The normalized spacial score (nSPS) is 16.7. The first kappa shape index (κ1) is 13.6. The second-order valence-corrected chi connectivity index (χ2v) is 5.70. The Hall–Kier alpha value is -1.42. The van der Waals surface area contributed by atoms with Gasteiger partial charge in [0.05, 0.1) is 6.04 Å². The van der Waals surface area contributed by atoms with E-state index in [-0.39, 0.29) is 6.04 Å². The largest absolute Gasteiger partial charge is 0.271 e. The molecule has 0 radical (unpaired) electrons. The number of nitrogens with two attached hydrogens (primary N) is 1. The van der Waals surface area contributed by atoms with E-state index < -0.39 is 0 Å². The van der Waals surface area contributed by atoms with Crippen LogP contribution in [-0.4, -0.2) is 4.98 Å². The number of aromatic nitrogens is 1. The van der Waals surface area contributed by atoms with Crippen molar-refractivity contribution in [3.05, 3.63) is 64.4 Å². The van der Waals surface area contributed by atoms with Crippen molar-refractivity contribution in [3.8, 4) is 0 Å². The van der Waals surface area contributed by atoms with Crippen LogP contribution in [0.2, 0.25) is 5.15 Å². The summed E-state index contributed by atoms with van der Waals surface area (Å²) in [4.78, 5) is 4.13. The van der Waals surface area contributed by atoms with Gasteiger partial charge in [-0.15, -0.1) is 0 Å². The van der Waals surface area contributed by atoms with E-state index in [1.54, 1.807) is 12.3 Å². The van der Waals surface area contributed by atoms with Crippen molar-refractivity contribution in [1.29, 1.82) is 0 Å². The van der Waals surface area contributed by atoms with E-state index in [1.807, 2.05) is 6.07 Å². The van der Waals surface area contributed by atoms with E-state index in [2.05, 4.69) is 34.7 Å². The number of rotatable bonds is 4. The quantitative estimate of drug-likeness (QED) is 0.514. The summed E-state index contributed by atoms with van der Waals surface area (Å²) in [6.07, 6.45) is 5.71. The molecule has 1 aliphatic rings. The van der Waals surface area contributed by atoms with Crippen LogP contribution in [-0.2, 0) is 0 Å². The molecule has 2 aromatic rings. The van der Waals surface area contributed by atoms with Gasteiger partial charge in [-0.05, 0) is 41.5 Å². The lowest BCUT2D eigenvalue weighted by Crippen LogP contribution is -2.29. The van der Waals surface area contributed by atoms with Crippen LogP contribution in [0.4, 0.5) is 0 Å². The van der Waals surface area contributed by atoms with Crippen molar-refractivity contribution >= 4 is 11.6 Å². The lowest BCUT2D eigenvalue weighted by molar-refractivity contribution is 0.419. The van der Waals surface area contributed by atoms with E-state index in [9.17, 15) is 0 Å². The average molecular weight is 288 g/mol. The minimum Gasteiger partial charge on any atom is -0.271 e. The Labute approximate surface area is 124 Å². The maximum absolute atomic E-state index is 5.84. The first-order chi connectivity index (χ1) is 9.78. The lowest BCUT2D eigenvalue weighted by Gasteiger charge is -2.27. The number of hydrazine groups is 1. The van der Waals surface area contributed by atoms with Gasteiger partial charge in [-0.25, -0.2) is 10.4 Å². The number of halogens is 1. The number of hydrogen-bond donors (Lipinski definition) is 2. The molecular formula is C16H18ClN3. The highest BCUT2D eigenvalue weighted by molar-refractivity contribution is 6.29. The van der Waals surface area contributed by atoms with Crippen LogP contribution in [0.1, 0.15) is 47.9 Å². The number of nitrogens with zero attached hydrogens (tertiary/aromatic N) is 1. The van der Waals surface area contributed by atoms with E-state index in [1.165, 1.54) is 30.4 Å². The smallest absolute Gasteiger partial charge is 0.129 e. The Morgan fingerprint density at radius 2 is 2.05 bits per heavy atom. The highest BCUT2D eigenvalue weighted by Gasteiger charge is 2.21. The van der Waals surface area contributed by atoms with Crippen molar-refractivity contribution in [2.24, 2.45) is 5.84 Å². The average Bonchev–Trinajstić information content (AvgIpc) is 2.40. The zero-order valence-electron chi connectivity index (χ0n) is 11.2. The van der Waals surface area contributed by atoms with Crippen LogP contribution >= 0.6 is 11.6 Å². The fourth-order valence-corrected chi connectivity index (χ4v) is 2.79. The third-order valence-electron chi connectivity index (χ3n) is 4.07. The second kappa shape index (κ2) is 5.92. The maximum Gasteiger partial charge on any atom is 0.129 e. The van der Waals surface area contributed by atoms with Gasteiger partial charge in [0.15, 0.2) is 0 Å². The summed E-state index contributed by atoms with van der Waals surface area (Å²) >= 11 is 5.84. The van der Waals surface area contributed by atoms with Crippen LogP contribution in [0.5, 0.6) is 0 Å². The molecule has 1 aromatic carbocycles. The van der Waals surface area contributed by atoms with Crippen molar-refractivity contribution in [2.75, 3.05) is 0 Å². The Morgan fingerprint density at radius 1 is 1.20 bits per heavy atom. The molecule has 1 atom stereocenters. The highest BCUT2D eigenvalue weighted by Crippen LogP contribution is 2.37. The summed E-state index contributed by atoms with van der Waals surface area (Å²) < 4.78 is 0. The van der Waals surface area contributed by atoms with Gasteiger partial charge in [0.1, 0.15) is 5.15 Å². The van der Waals surface area contributed by atoms with Crippen molar-refractivity contribution < 1.29 is 0 Å². The molecule has 1 fully saturated rings.